The van der Waals surface area contributed by atoms with Crippen molar-refractivity contribution in [1.82, 2.24) is 5.32 Å². The van der Waals surface area contributed by atoms with Gasteiger partial charge in [-0.1, -0.05) is 12.1 Å². The molecule has 3 N–H and O–H groups in total. The number of nitrogens with two attached hydrogens (primary N) is 1. The molecule has 0 fully saturated rings. The molecule has 5 nitrogen and oxygen atoms in total. The van der Waals surface area contributed by atoms with Gasteiger partial charge in [0, 0.05) is 12.7 Å². The number of sulfone groups is 1. The molecule has 0 bridgehead atoms. The summed E-state index contributed by atoms with van der Waals surface area (Å²) in [7, 11) is -3.44. The van der Waals surface area contributed by atoms with Gasteiger partial charge < -0.3 is 11.1 Å². The lowest BCUT2D eigenvalue weighted by Crippen LogP contribution is -2.22. The normalized spacial score (nSPS) is 15.2. The molecule has 1 aromatic carbocycles. The zero-order chi connectivity index (χ0) is 12.3. The Labute approximate surface area is 100.0 Å². The molecule has 0 saturated heterocycles. The van der Waals surface area contributed by atoms with Crippen molar-refractivity contribution >= 4 is 16.2 Å². The van der Waals surface area contributed by atoms with Crippen molar-refractivity contribution in [1.29, 1.82) is 0 Å². The smallest absolute Gasteiger partial charge is 0.206 e. The molecule has 0 saturated carbocycles. The summed E-state index contributed by atoms with van der Waals surface area (Å²) in [5.74, 6) is 0. The summed E-state index contributed by atoms with van der Waals surface area (Å²) in [5, 5.41) is 2.77. The van der Waals surface area contributed by atoms with Gasteiger partial charge in [0.05, 0.1) is 22.7 Å². The van der Waals surface area contributed by atoms with Gasteiger partial charge in [0.2, 0.25) is 9.84 Å². The van der Waals surface area contributed by atoms with Gasteiger partial charge in [-0.2, -0.15) is 0 Å². The van der Waals surface area contributed by atoms with Crippen LogP contribution in [-0.4, -0.2) is 21.3 Å². The quantitative estimate of drug-likeness (QED) is 0.814. The van der Waals surface area contributed by atoms with Gasteiger partial charge in [-0.05, 0) is 17.7 Å². The maximum Gasteiger partial charge on any atom is 0.206 e. The van der Waals surface area contributed by atoms with Crippen molar-refractivity contribution < 1.29 is 8.42 Å². The molecule has 1 heterocycles. The predicted octanol–water partition coefficient (Wildman–Crippen LogP) is 0.392. The van der Waals surface area contributed by atoms with Crippen LogP contribution in [-0.2, 0) is 16.4 Å². The van der Waals surface area contributed by atoms with Crippen molar-refractivity contribution in [3.05, 3.63) is 40.9 Å². The number of nitrogens with one attached hydrogen (secondary N) is 1. The molecule has 2 rings (SSSR count). The van der Waals surface area contributed by atoms with E-state index in [0.717, 1.165) is 5.56 Å². The monoisotopic (exact) mass is 251 g/mol. The van der Waals surface area contributed by atoms with Crippen LogP contribution in [0.2, 0.25) is 0 Å². The summed E-state index contributed by atoms with van der Waals surface area (Å²) in [6.07, 6.45) is 2.83. The number of rotatable bonds is 3. The lowest BCUT2D eigenvalue weighted by molar-refractivity contribution is 0.600. The first kappa shape index (κ1) is 11.8. The van der Waals surface area contributed by atoms with E-state index in [-0.39, 0.29) is 16.3 Å². The van der Waals surface area contributed by atoms with Gasteiger partial charge in [-0.15, -0.1) is 0 Å². The molecule has 1 aromatic rings. The number of benzene rings is 1. The van der Waals surface area contributed by atoms with Crippen molar-refractivity contribution in [2.75, 3.05) is 6.54 Å². The second-order valence-electron chi connectivity index (χ2n) is 3.61. The summed E-state index contributed by atoms with van der Waals surface area (Å²) < 4.78 is 24.3. The van der Waals surface area contributed by atoms with E-state index >= 15 is 0 Å². The van der Waals surface area contributed by atoms with E-state index in [1.165, 1.54) is 12.5 Å². The topological polar surface area (TPSA) is 84.6 Å². The van der Waals surface area contributed by atoms with Gasteiger partial charge in [0.15, 0.2) is 0 Å². The second kappa shape index (κ2) is 4.68. The fourth-order valence-electron chi connectivity index (χ4n) is 1.49. The summed E-state index contributed by atoms with van der Waals surface area (Å²) in [5.41, 5.74) is 6.36. The van der Waals surface area contributed by atoms with Crippen LogP contribution in [0.5, 0.6) is 0 Å². The lowest BCUT2D eigenvalue weighted by Gasteiger charge is -2.11. The van der Waals surface area contributed by atoms with Gasteiger partial charge >= 0.3 is 0 Å². The maximum absolute atomic E-state index is 12.2. The van der Waals surface area contributed by atoms with E-state index in [4.69, 9.17) is 5.73 Å². The van der Waals surface area contributed by atoms with Crippen LogP contribution in [0, 0.1) is 0 Å². The fraction of sp³-hybridized carbons (Fsp3) is 0.182. The molecule has 0 atom stereocenters. The minimum absolute atomic E-state index is 0.264. The third-order valence-corrected chi connectivity index (χ3v) is 4.31. The van der Waals surface area contributed by atoms with Crippen LogP contribution in [0.4, 0.5) is 0 Å². The molecular formula is C11H13N3O2S. The Hall–Kier alpha value is -1.66. The Morgan fingerprint density at radius 2 is 2.00 bits per heavy atom. The Bertz CT molecular complexity index is 559. The van der Waals surface area contributed by atoms with Crippen LogP contribution in [0.15, 0.2) is 45.3 Å². The third-order valence-electron chi connectivity index (χ3n) is 2.48. The van der Waals surface area contributed by atoms with Crippen molar-refractivity contribution in [2.45, 2.75) is 11.4 Å². The highest BCUT2D eigenvalue weighted by molar-refractivity contribution is 7.95. The Balaban J connectivity index is 2.37. The number of hydrogen-bond acceptors (Lipinski definition) is 5. The average Bonchev–Trinajstić information content (AvgIpc) is 2.40. The maximum atomic E-state index is 12.2. The summed E-state index contributed by atoms with van der Waals surface area (Å²) in [6, 6.07) is 6.56. The SMILES string of the molecule is NCc1ccc(S(=O)(=O)C2=CN=CNC2)cc1. The van der Waals surface area contributed by atoms with E-state index in [1.807, 2.05) is 0 Å². The Morgan fingerprint density at radius 3 is 2.53 bits per heavy atom. The van der Waals surface area contributed by atoms with E-state index in [9.17, 15) is 8.42 Å². The van der Waals surface area contributed by atoms with Crippen molar-refractivity contribution in [3.63, 3.8) is 0 Å². The van der Waals surface area contributed by atoms with E-state index in [2.05, 4.69) is 10.3 Å². The fourth-order valence-corrected chi connectivity index (χ4v) is 2.76. The first-order valence-corrected chi connectivity index (χ1v) is 6.61. The Kier molecular flexibility index (Phi) is 3.26. The van der Waals surface area contributed by atoms with Crippen LogP contribution in [0.1, 0.15) is 5.56 Å². The van der Waals surface area contributed by atoms with Gasteiger partial charge in [-0.25, -0.2) is 13.4 Å². The molecule has 1 aliphatic heterocycles. The van der Waals surface area contributed by atoms with E-state index in [1.54, 1.807) is 24.3 Å². The highest BCUT2D eigenvalue weighted by atomic mass is 32.2. The molecule has 1 aliphatic rings. The zero-order valence-corrected chi connectivity index (χ0v) is 9.94. The lowest BCUT2D eigenvalue weighted by atomic mass is 10.2. The van der Waals surface area contributed by atoms with Gasteiger partial charge in [0.1, 0.15) is 0 Å². The molecular weight excluding hydrogens is 238 g/mol. The number of hydrogen-bond donors (Lipinski definition) is 2. The molecule has 6 heteroatoms. The van der Waals surface area contributed by atoms with Crippen LogP contribution >= 0.6 is 0 Å². The molecule has 17 heavy (non-hydrogen) atoms. The Morgan fingerprint density at radius 1 is 1.29 bits per heavy atom. The molecule has 0 radical (unpaired) electrons. The minimum atomic E-state index is -3.44. The minimum Gasteiger partial charge on any atom is -0.371 e. The number of aliphatic imine (C=N–C) groups is 1. The van der Waals surface area contributed by atoms with E-state index < -0.39 is 9.84 Å². The van der Waals surface area contributed by atoms with Crippen molar-refractivity contribution in [3.8, 4) is 0 Å². The van der Waals surface area contributed by atoms with Gasteiger partial charge in [0.25, 0.3) is 0 Å². The van der Waals surface area contributed by atoms with Gasteiger partial charge in [-0.3, -0.25) is 0 Å². The zero-order valence-electron chi connectivity index (χ0n) is 9.13. The summed E-state index contributed by atoms with van der Waals surface area (Å²) in [4.78, 5) is 4.31. The first-order valence-electron chi connectivity index (χ1n) is 5.13. The van der Waals surface area contributed by atoms with Crippen LogP contribution in [0.25, 0.3) is 0 Å². The number of nitrogens with zero attached hydrogens (tertiary/aromatic N) is 1. The molecule has 0 spiro atoms. The molecule has 90 valence electrons. The largest absolute Gasteiger partial charge is 0.371 e. The molecule has 0 amide bonds. The van der Waals surface area contributed by atoms with Crippen LogP contribution < -0.4 is 11.1 Å². The second-order valence-corrected chi connectivity index (χ2v) is 5.61. The first-order chi connectivity index (χ1) is 8.14. The van der Waals surface area contributed by atoms with Crippen LogP contribution in [0.3, 0.4) is 0 Å². The predicted molar refractivity (Wildman–Crippen MR) is 66.1 cm³/mol. The standard InChI is InChI=1S/C11H13N3O2S/c12-5-9-1-3-10(4-2-9)17(15,16)11-6-13-8-14-7-11/h1-4,6,8H,5,7,12H2,(H,13,14). The molecule has 0 aromatic heterocycles. The summed E-state index contributed by atoms with van der Waals surface area (Å²) in [6.45, 7) is 0.666. The van der Waals surface area contributed by atoms with E-state index in [0.29, 0.717) is 6.54 Å². The van der Waals surface area contributed by atoms with Crippen molar-refractivity contribution in [2.24, 2.45) is 10.7 Å². The highest BCUT2D eigenvalue weighted by Crippen LogP contribution is 2.20. The average molecular weight is 251 g/mol. The third kappa shape index (κ3) is 2.37. The molecule has 0 unspecified atom stereocenters. The highest BCUT2D eigenvalue weighted by Gasteiger charge is 2.21. The molecule has 0 aliphatic carbocycles. The summed E-state index contributed by atoms with van der Waals surface area (Å²) >= 11 is 0.